The first-order chi connectivity index (χ1) is 7.24. The summed E-state index contributed by atoms with van der Waals surface area (Å²) in [6.07, 6.45) is 0. The van der Waals surface area contributed by atoms with Crippen LogP contribution in [0.5, 0.6) is 5.75 Å². The van der Waals surface area contributed by atoms with E-state index in [4.69, 9.17) is 5.90 Å². The maximum atomic E-state index is 11.3. The molecule has 0 spiro atoms. The summed E-state index contributed by atoms with van der Waals surface area (Å²) in [4.78, 5) is 15.5. The van der Waals surface area contributed by atoms with Crippen LogP contribution in [0.1, 0.15) is 10.4 Å². The van der Waals surface area contributed by atoms with E-state index in [2.05, 4.69) is 4.84 Å². The van der Waals surface area contributed by atoms with Gasteiger partial charge in [0.25, 0.3) is 0 Å². The van der Waals surface area contributed by atoms with Gasteiger partial charge in [0.1, 0.15) is 11.3 Å². The Morgan fingerprint density at radius 2 is 1.93 bits per heavy atom. The first-order valence-corrected chi connectivity index (χ1v) is 4.36. The Balaban J connectivity index is 2.79. The third-order valence-electron chi connectivity index (χ3n) is 2.22. The van der Waals surface area contributed by atoms with Gasteiger partial charge in [0, 0.05) is 5.39 Å². The molecule has 0 atom stereocenters. The largest absolute Gasteiger partial charge is 0.507 e. The molecule has 0 fully saturated rings. The third kappa shape index (κ3) is 1.51. The lowest BCUT2D eigenvalue weighted by Crippen LogP contribution is -2.10. The van der Waals surface area contributed by atoms with Crippen molar-refractivity contribution < 1.29 is 14.7 Å². The van der Waals surface area contributed by atoms with E-state index in [-0.39, 0.29) is 11.3 Å². The molecule has 0 aliphatic rings. The van der Waals surface area contributed by atoms with Crippen LogP contribution in [0.3, 0.4) is 0 Å². The zero-order chi connectivity index (χ0) is 10.8. The van der Waals surface area contributed by atoms with Crippen LogP contribution in [-0.2, 0) is 4.84 Å². The minimum absolute atomic E-state index is 0.0931. The van der Waals surface area contributed by atoms with Crippen molar-refractivity contribution in [1.82, 2.24) is 0 Å². The highest BCUT2D eigenvalue weighted by Gasteiger charge is 2.15. The minimum Gasteiger partial charge on any atom is -0.507 e. The van der Waals surface area contributed by atoms with Gasteiger partial charge >= 0.3 is 5.97 Å². The molecule has 76 valence electrons. The van der Waals surface area contributed by atoms with Crippen molar-refractivity contribution in [2.75, 3.05) is 0 Å². The Morgan fingerprint density at radius 3 is 2.67 bits per heavy atom. The second-order valence-corrected chi connectivity index (χ2v) is 3.09. The Labute approximate surface area is 85.8 Å². The molecule has 0 aliphatic carbocycles. The summed E-state index contributed by atoms with van der Waals surface area (Å²) in [5.41, 5.74) is 0.0931. The summed E-state index contributed by atoms with van der Waals surface area (Å²) in [5, 5.41) is 11.0. The van der Waals surface area contributed by atoms with Crippen LogP contribution in [0, 0.1) is 0 Å². The van der Waals surface area contributed by atoms with Crippen molar-refractivity contribution in [1.29, 1.82) is 0 Å². The topological polar surface area (TPSA) is 72.5 Å². The lowest BCUT2D eigenvalue weighted by molar-refractivity contribution is 0.0502. The number of hydrogen-bond acceptors (Lipinski definition) is 4. The average Bonchev–Trinajstić information content (AvgIpc) is 2.28. The number of phenolic OH excluding ortho intramolecular Hbond substituents is 1. The summed E-state index contributed by atoms with van der Waals surface area (Å²) in [6.45, 7) is 0. The van der Waals surface area contributed by atoms with Gasteiger partial charge in [-0.25, -0.2) is 4.79 Å². The SMILES string of the molecule is NOC(=O)c1c(O)ccc2ccccc12. The summed E-state index contributed by atoms with van der Waals surface area (Å²) in [6, 6.07) is 10.3. The molecule has 4 heteroatoms. The number of phenols is 1. The predicted molar refractivity (Wildman–Crippen MR) is 55.2 cm³/mol. The highest BCUT2D eigenvalue weighted by atomic mass is 16.7. The lowest BCUT2D eigenvalue weighted by Gasteiger charge is -2.05. The van der Waals surface area contributed by atoms with E-state index >= 15 is 0 Å². The molecule has 0 saturated carbocycles. The van der Waals surface area contributed by atoms with Crippen LogP contribution in [-0.4, -0.2) is 11.1 Å². The second-order valence-electron chi connectivity index (χ2n) is 3.09. The van der Waals surface area contributed by atoms with Crippen LogP contribution in [0.15, 0.2) is 36.4 Å². The van der Waals surface area contributed by atoms with Crippen LogP contribution >= 0.6 is 0 Å². The Bertz CT molecular complexity index is 522. The highest BCUT2D eigenvalue weighted by molar-refractivity contribution is 6.06. The molecule has 0 aliphatic heterocycles. The summed E-state index contributed by atoms with van der Waals surface area (Å²) in [7, 11) is 0. The Hall–Kier alpha value is -2.07. The van der Waals surface area contributed by atoms with E-state index in [0.29, 0.717) is 5.39 Å². The number of rotatable bonds is 1. The number of nitrogens with two attached hydrogens (primary N) is 1. The van der Waals surface area contributed by atoms with Crippen LogP contribution in [0.2, 0.25) is 0 Å². The van der Waals surface area contributed by atoms with Gasteiger partial charge in [0.2, 0.25) is 0 Å². The predicted octanol–water partition coefficient (Wildman–Crippen LogP) is 1.58. The minimum atomic E-state index is -0.746. The number of hydrogen-bond donors (Lipinski definition) is 2. The molecule has 0 heterocycles. The van der Waals surface area contributed by atoms with Gasteiger partial charge in [-0.05, 0) is 11.5 Å². The van der Waals surface area contributed by atoms with E-state index in [1.165, 1.54) is 6.07 Å². The lowest BCUT2D eigenvalue weighted by atomic mass is 10.0. The summed E-state index contributed by atoms with van der Waals surface area (Å²) in [5.74, 6) is 3.92. The number of benzene rings is 2. The Morgan fingerprint density at radius 1 is 1.20 bits per heavy atom. The maximum absolute atomic E-state index is 11.3. The average molecular weight is 203 g/mol. The van der Waals surface area contributed by atoms with Crippen molar-refractivity contribution in [3.8, 4) is 5.75 Å². The fourth-order valence-corrected chi connectivity index (χ4v) is 1.53. The van der Waals surface area contributed by atoms with Crippen LogP contribution in [0.4, 0.5) is 0 Å². The number of fused-ring (bicyclic) bond motifs is 1. The number of aromatic hydroxyl groups is 1. The summed E-state index contributed by atoms with van der Waals surface area (Å²) < 4.78 is 0. The first-order valence-electron chi connectivity index (χ1n) is 4.36. The normalized spacial score (nSPS) is 10.2. The molecule has 4 nitrogen and oxygen atoms in total. The fraction of sp³-hybridized carbons (Fsp3) is 0. The molecule has 3 N–H and O–H groups in total. The Kier molecular flexibility index (Phi) is 2.27. The van der Waals surface area contributed by atoms with Gasteiger partial charge in [0.15, 0.2) is 0 Å². The quantitative estimate of drug-likeness (QED) is 0.690. The van der Waals surface area contributed by atoms with Crippen molar-refractivity contribution in [2.45, 2.75) is 0 Å². The molecule has 15 heavy (non-hydrogen) atoms. The first kappa shape index (κ1) is 9.48. The van der Waals surface area contributed by atoms with Gasteiger partial charge in [0.05, 0.1) is 0 Å². The van der Waals surface area contributed by atoms with Crippen molar-refractivity contribution in [3.63, 3.8) is 0 Å². The molecule has 0 aromatic heterocycles. The molecule has 2 rings (SSSR count). The van der Waals surface area contributed by atoms with Gasteiger partial charge in [-0.3, -0.25) is 0 Å². The van der Waals surface area contributed by atoms with E-state index in [9.17, 15) is 9.90 Å². The standard InChI is InChI=1S/C11H9NO3/c12-15-11(14)10-8-4-2-1-3-7(8)5-6-9(10)13/h1-6,13H,12H2. The fourth-order valence-electron chi connectivity index (χ4n) is 1.53. The molecule has 0 unspecified atom stereocenters. The van der Waals surface area contributed by atoms with Gasteiger partial charge in [-0.15, -0.1) is 0 Å². The van der Waals surface area contributed by atoms with E-state index < -0.39 is 5.97 Å². The molecule has 0 radical (unpaired) electrons. The molecular weight excluding hydrogens is 194 g/mol. The smallest absolute Gasteiger partial charge is 0.361 e. The van der Waals surface area contributed by atoms with E-state index in [0.717, 1.165) is 5.39 Å². The molecule has 2 aromatic carbocycles. The van der Waals surface area contributed by atoms with Crippen molar-refractivity contribution >= 4 is 16.7 Å². The molecule has 0 amide bonds. The van der Waals surface area contributed by atoms with Crippen LogP contribution in [0.25, 0.3) is 10.8 Å². The zero-order valence-electron chi connectivity index (χ0n) is 7.81. The van der Waals surface area contributed by atoms with E-state index in [1.807, 2.05) is 12.1 Å². The molecule has 0 saturated heterocycles. The summed E-state index contributed by atoms with van der Waals surface area (Å²) >= 11 is 0. The van der Waals surface area contributed by atoms with Crippen molar-refractivity contribution in [2.24, 2.45) is 5.90 Å². The highest BCUT2D eigenvalue weighted by Crippen LogP contribution is 2.27. The van der Waals surface area contributed by atoms with E-state index in [1.54, 1.807) is 18.2 Å². The molecule has 0 bridgehead atoms. The number of carbonyl (C=O) groups excluding carboxylic acids is 1. The number of carbonyl (C=O) groups is 1. The van der Waals surface area contributed by atoms with Crippen molar-refractivity contribution in [3.05, 3.63) is 42.0 Å². The van der Waals surface area contributed by atoms with Gasteiger partial charge in [-0.2, -0.15) is 5.90 Å². The molecule has 2 aromatic rings. The van der Waals surface area contributed by atoms with Gasteiger partial charge in [-0.1, -0.05) is 30.3 Å². The third-order valence-corrected chi connectivity index (χ3v) is 2.22. The van der Waals surface area contributed by atoms with Gasteiger partial charge < -0.3 is 9.94 Å². The maximum Gasteiger partial charge on any atom is 0.361 e. The second kappa shape index (κ2) is 3.59. The molecular formula is C11H9NO3. The van der Waals surface area contributed by atoms with Crippen LogP contribution < -0.4 is 5.90 Å². The zero-order valence-corrected chi connectivity index (χ0v) is 7.81. The monoisotopic (exact) mass is 203 g/mol.